The minimum absolute atomic E-state index is 0.353. The van der Waals surface area contributed by atoms with Crippen LogP contribution in [0, 0.1) is 5.92 Å². The average molecular weight is 318 g/mol. The van der Waals surface area contributed by atoms with Crippen molar-refractivity contribution in [1.82, 2.24) is 19.7 Å². The molecule has 0 amide bonds. The van der Waals surface area contributed by atoms with Gasteiger partial charge < -0.3 is 9.67 Å². The first-order valence-electron chi connectivity index (χ1n) is 8.32. The molecule has 0 radical (unpaired) electrons. The fourth-order valence-corrected chi connectivity index (χ4v) is 4.36. The number of aromatic nitrogens is 4. The van der Waals surface area contributed by atoms with E-state index >= 15 is 0 Å². The molecule has 0 saturated heterocycles. The highest BCUT2D eigenvalue weighted by Gasteiger charge is 2.28. The normalized spacial score (nSPS) is 21.1. The van der Waals surface area contributed by atoms with Crippen molar-refractivity contribution in [3.8, 4) is 0 Å². The van der Waals surface area contributed by atoms with Gasteiger partial charge in [-0.05, 0) is 31.6 Å². The number of imidazole rings is 1. The van der Waals surface area contributed by atoms with Crippen molar-refractivity contribution < 1.29 is 5.11 Å². The summed E-state index contributed by atoms with van der Waals surface area (Å²) in [5.41, 5.74) is 0. The van der Waals surface area contributed by atoms with Gasteiger partial charge in [0.15, 0.2) is 0 Å². The zero-order chi connectivity index (χ0) is 14.9. The van der Waals surface area contributed by atoms with Crippen LogP contribution in [0.3, 0.4) is 0 Å². The monoisotopic (exact) mass is 318 g/mol. The maximum absolute atomic E-state index is 10.7. The molecule has 118 valence electrons. The van der Waals surface area contributed by atoms with Crippen LogP contribution in [0.15, 0.2) is 12.4 Å². The van der Waals surface area contributed by atoms with E-state index in [0.717, 1.165) is 23.7 Å². The van der Waals surface area contributed by atoms with Crippen LogP contribution in [0.1, 0.15) is 72.8 Å². The first-order chi connectivity index (χ1) is 10.8. The minimum atomic E-state index is -0.453. The summed E-state index contributed by atoms with van der Waals surface area (Å²) in [6.07, 6.45) is 11.8. The molecule has 2 saturated carbocycles. The van der Waals surface area contributed by atoms with E-state index in [2.05, 4.69) is 15.2 Å². The summed E-state index contributed by atoms with van der Waals surface area (Å²) in [4.78, 5) is 4.41. The number of nitrogens with zero attached hydrogens (tertiary/aromatic N) is 4. The largest absolute Gasteiger partial charge is 0.385 e. The highest BCUT2D eigenvalue weighted by molar-refractivity contribution is 7.11. The molecule has 0 spiro atoms. The van der Waals surface area contributed by atoms with Crippen LogP contribution in [0.4, 0.5) is 0 Å². The minimum Gasteiger partial charge on any atom is -0.385 e. The lowest BCUT2D eigenvalue weighted by Gasteiger charge is -2.26. The Morgan fingerprint density at radius 1 is 1.18 bits per heavy atom. The fraction of sp³-hybridized carbons (Fsp3) is 0.688. The Kier molecular flexibility index (Phi) is 3.96. The van der Waals surface area contributed by atoms with Gasteiger partial charge in [-0.15, -0.1) is 10.2 Å². The summed E-state index contributed by atoms with van der Waals surface area (Å²) in [5, 5.41) is 21.5. The number of aliphatic hydroxyl groups is 1. The second kappa shape index (κ2) is 6.08. The van der Waals surface area contributed by atoms with Crippen molar-refractivity contribution in [1.29, 1.82) is 0 Å². The zero-order valence-electron chi connectivity index (χ0n) is 12.7. The lowest BCUT2D eigenvalue weighted by molar-refractivity contribution is 0.0743. The van der Waals surface area contributed by atoms with E-state index < -0.39 is 6.10 Å². The van der Waals surface area contributed by atoms with E-state index in [1.807, 2.05) is 10.8 Å². The van der Waals surface area contributed by atoms with Gasteiger partial charge in [-0.1, -0.05) is 30.6 Å². The predicted molar refractivity (Wildman–Crippen MR) is 84.7 cm³/mol. The predicted octanol–water partition coefficient (Wildman–Crippen LogP) is 3.27. The molecule has 0 aliphatic heterocycles. The quantitative estimate of drug-likeness (QED) is 0.919. The Balaban J connectivity index is 1.48. The van der Waals surface area contributed by atoms with Crippen molar-refractivity contribution >= 4 is 11.3 Å². The molecule has 5 nitrogen and oxygen atoms in total. The molecule has 0 aromatic carbocycles. The molecule has 1 unspecified atom stereocenters. The van der Waals surface area contributed by atoms with Crippen molar-refractivity contribution in [2.75, 3.05) is 0 Å². The number of rotatable bonds is 5. The van der Waals surface area contributed by atoms with Gasteiger partial charge in [-0.25, -0.2) is 4.98 Å². The van der Waals surface area contributed by atoms with Crippen LogP contribution in [0.25, 0.3) is 0 Å². The van der Waals surface area contributed by atoms with E-state index in [1.54, 1.807) is 17.5 Å². The standard InChI is InChI=1S/C16H22N4OS/c21-14(11-4-2-1-3-5-11)15-17-8-9-20(15)10-13-18-19-16(22-13)12-6-7-12/h8-9,11-12,14,21H,1-7,10H2. The third kappa shape index (κ3) is 2.94. The topological polar surface area (TPSA) is 63.8 Å². The molecule has 2 aromatic rings. The lowest BCUT2D eigenvalue weighted by Crippen LogP contribution is -2.20. The Labute approximate surface area is 134 Å². The van der Waals surface area contributed by atoms with Crippen LogP contribution in [0.5, 0.6) is 0 Å². The first-order valence-corrected chi connectivity index (χ1v) is 9.14. The maximum Gasteiger partial charge on any atom is 0.138 e. The van der Waals surface area contributed by atoms with Gasteiger partial charge in [0.2, 0.25) is 0 Å². The van der Waals surface area contributed by atoms with Gasteiger partial charge in [0, 0.05) is 18.3 Å². The number of hydrogen-bond donors (Lipinski definition) is 1. The summed E-state index contributed by atoms with van der Waals surface area (Å²) in [7, 11) is 0. The van der Waals surface area contributed by atoms with Crippen molar-refractivity contribution in [2.24, 2.45) is 5.92 Å². The van der Waals surface area contributed by atoms with Crippen molar-refractivity contribution in [3.63, 3.8) is 0 Å². The van der Waals surface area contributed by atoms with E-state index in [1.165, 1.54) is 37.1 Å². The van der Waals surface area contributed by atoms with Gasteiger partial charge in [-0.3, -0.25) is 0 Å². The summed E-state index contributed by atoms with van der Waals surface area (Å²) < 4.78 is 2.04. The van der Waals surface area contributed by atoms with Crippen LogP contribution in [0.2, 0.25) is 0 Å². The smallest absolute Gasteiger partial charge is 0.138 e. The molecule has 6 heteroatoms. The Hall–Kier alpha value is -1.27. The average Bonchev–Trinajstić information content (AvgIpc) is 3.13. The summed E-state index contributed by atoms with van der Waals surface area (Å²) in [6.45, 7) is 0.670. The van der Waals surface area contributed by atoms with E-state index in [4.69, 9.17) is 0 Å². The molecule has 2 aliphatic rings. The SMILES string of the molecule is OC(c1nccn1Cc1nnc(C2CC2)s1)C1CCCCC1. The summed E-state index contributed by atoms with van der Waals surface area (Å²) in [5.74, 6) is 1.79. The van der Waals surface area contributed by atoms with Crippen LogP contribution in [-0.2, 0) is 6.54 Å². The summed E-state index contributed by atoms with van der Waals surface area (Å²) in [6, 6.07) is 0. The molecule has 2 fully saturated rings. The van der Waals surface area contributed by atoms with E-state index in [9.17, 15) is 5.11 Å². The third-order valence-corrected chi connectivity index (χ3v) is 5.89. The lowest BCUT2D eigenvalue weighted by atomic mass is 9.85. The van der Waals surface area contributed by atoms with Crippen LogP contribution < -0.4 is 0 Å². The van der Waals surface area contributed by atoms with Crippen LogP contribution in [-0.4, -0.2) is 24.9 Å². The Bertz CT molecular complexity index is 628. The van der Waals surface area contributed by atoms with E-state index in [-0.39, 0.29) is 0 Å². The second-order valence-electron chi connectivity index (χ2n) is 6.56. The molecule has 0 bridgehead atoms. The molecule has 1 atom stereocenters. The van der Waals surface area contributed by atoms with Crippen LogP contribution >= 0.6 is 11.3 Å². The summed E-state index contributed by atoms with van der Waals surface area (Å²) >= 11 is 1.71. The molecule has 2 aromatic heterocycles. The van der Waals surface area contributed by atoms with Crippen molar-refractivity contribution in [3.05, 3.63) is 28.2 Å². The highest BCUT2D eigenvalue weighted by atomic mass is 32.1. The van der Waals surface area contributed by atoms with Gasteiger partial charge in [-0.2, -0.15) is 0 Å². The Morgan fingerprint density at radius 3 is 2.77 bits per heavy atom. The van der Waals surface area contributed by atoms with E-state index in [0.29, 0.717) is 18.4 Å². The van der Waals surface area contributed by atoms with Gasteiger partial charge >= 0.3 is 0 Å². The van der Waals surface area contributed by atoms with Gasteiger partial charge in [0.05, 0.1) is 6.54 Å². The Morgan fingerprint density at radius 2 is 2.00 bits per heavy atom. The molecular weight excluding hydrogens is 296 g/mol. The molecule has 2 heterocycles. The number of aliphatic hydroxyl groups excluding tert-OH is 1. The maximum atomic E-state index is 10.7. The van der Waals surface area contributed by atoms with Gasteiger partial charge in [0.25, 0.3) is 0 Å². The highest BCUT2D eigenvalue weighted by Crippen LogP contribution is 2.41. The number of hydrogen-bond acceptors (Lipinski definition) is 5. The zero-order valence-corrected chi connectivity index (χ0v) is 13.5. The van der Waals surface area contributed by atoms with Crippen molar-refractivity contribution in [2.45, 2.75) is 63.5 Å². The first kappa shape index (κ1) is 14.3. The fourth-order valence-electron chi connectivity index (χ4n) is 3.35. The second-order valence-corrected chi connectivity index (χ2v) is 7.66. The molecule has 22 heavy (non-hydrogen) atoms. The molecule has 2 aliphatic carbocycles. The third-order valence-electron chi connectivity index (χ3n) is 4.82. The molecule has 1 N–H and O–H groups in total. The molecule has 4 rings (SSSR count). The van der Waals surface area contributed by atoms with Gasteiger partial charge in [0.1, 0.15) is 21.9 Å². The molecular formula is C16H22N4OS.